The van der Waals surface area contributed by atoms with Crippen LogP contribution in [0.5, 0.6) is 5.75 Å². The lowest BCUT2D eigenvalue weighted by Crippen LogP contribution is -2.07. The second-order valence-corrected chi connectivity index (χ2v) is 4.23. The molecule has 0 bridgehead atoms. The third kappa shape index (κ3) is 3.14. The number of para-hydroxylation sites is 1. The monoisotopic (exact) mass is 262 g/mol. The van der Waals surface area contributed by atoms with E-state index in [1.807, 2.05) is 30.3 Å². The lowest BCUT2D eigenvalue weighted by Gasteiger charge is -2.09. The maximum absolute atomic E-state index is 6.01. The van der Waals surface area contributed by atoms with Crippen LogP contribution in [0.15, 0.2) is 42.6 Å². The predicted molar refractivity (Wildman–Crippen MR) is 74.4 cm³/mol. The molecule has 1 heterocycles. The lowest BCUT2D eigenvalue weighted by molar-refractivity contribution is 0.410. The van der Waals surface area contributed by atoms with Crippen LogP contribution in [0.1, 0.15) is 5.56 Å². The summed E-state index contributed by atoms with van der Waals surface area (Å²) < 4.78 is 5.30. The van der Waals surface area contributed by atoms with Crippen LogP contribution in [0.4, 0.5) is 5.82 Å². The zero-order valence-corrected chi connectivity index (χ0v) is 10.9. The summed E-state index contributed by atoms with van der Waals surface area (Å²) in [5.74, 6) is 1.63. The van der Waals surface area contributed by atoms with Gasteiger partial charge in [0.05, 0.1) is 12.1 Å². The molecule has 4 heteroatoms. The van der Waals surface area contributed by atoms with Gasteiger partial charge in [-0.3, -0.25) is 0 Å². The van der Waals surface area contributed by atoms with Crippen molar-refractivity contribution < 1.29 is 4.74 Å². The zero-order valence-electron chi connectivity index (χ0n) is 10.2. The molecule has 0 aliphatic heterocycles. The first-order valence-corrected chi connectivity index (χ1v) is 6.15. The normalized spacial score (nSPS) is 10.1. The molecule has 0 aliphatic rings. The van der Waals surface area contributed by atoms with Crippen molar-refractivity contribution in [3.8, 4) is 5.75 Å². The zero-order chi connectivity index (χ0) is 12.8. The molecule has 0 saturated carbocycles. The van der Waals surface area contributed by atoms with Crippen LogP contribution in [0.25, 0.3) is 0 Å². The van der Waals surface area contributed by atoms with Crippen molar-refractivity contribution >= 4 is 17.4 Å². The van der Waals surface area contributed by atoms with Gasteiger partial charge in [-0.25, -0.2) is 4.98 Å². The number of hydrogen-bond donors (Lipinski definition) is 1. The van der Waals surface area contributed by atoms with E-state index in [4.69, 9.17) is 16.3 Å². The molecule has 1 aromatic carbocycles. The molecule has 1 aromatic heterocycles. The van der Waals surface area contributed by atoms with E-state index >= 15 is 0 Å². The second kappa shape index (κ2) is 6.26. The minimum atomic E-state index is 0.637. The number of methoxy groups -OCH3 is 1. The fourth-order valence-electron chi connectivity index (χ4n) is 1.74. The highest BCUT2D eigenvalue weighted by molar-refractivity contribution is 6.32. The summed E-state index contributed by atoms with van der Waals surface area (Å²) in [6, 6.07) is 11.6. The number of nitrogens with one attached hydrogen (secondary N) is 1. The Morgan fingerprint density at radius 3 is 2.83 bits per heavy atom. The number of halogens is 1. The number of hydrogen-bond acceptors (Lipinski definition) is 3. The summed E-state index contributed by atoms with van der Waals surface area (Å²) in [4.78, 5) is 4.18. The lowest BCUT2D eigenvalue weighted by atomic mass is 10.1. The van der Waals surface area contributed by atoms with Gasteiger partial charge < -0.3 is 10.1 Å². The van der Waals surface area contributed by atoms with Gasteiger partial charge in [0.25, 0.3) is 0 Å². The van der Waals surface area contributed by atoms with E-state index in [1.54, 1.807) is 13.3 Å². The Labute approximate surface area is 112 Å². The van der Waals surface area contributed by atoms with Gasteiger partial charge in [-0.1, -0.05) is 29.8 Å². The summed E-state index contributed by atoms with van der Waals surface area (Å²) in [6.45, 7) is 0.761. The molecule has 0 fully saturated rings. The smallest absolute Gasteiger partial charge is 0.144 e. The minimum absolute atomic E-state index is 0.637. The van der Waals surface area contributed by atoms with E-state index in [0.717, 1.165) is 18.7 Å². The van der Waals surface area contributed by atoms with Crippen LogP contribution in [-0.4, -0.2) is 18.6 Å². The maximum Gasteiger partial charge on any atom is 0.144 e. The van der Waals surface area contributed by atoms with E-state index in [-0.39, 0.29) is 0 Å². The Morgan fingerprint density at radius 1 is 1.22 bits per heavy atom. The molecular weight excluding hydrogens is 248 g/mol. The van der Waals surface area contributed by atoms with E-state index < -0.39 is 0 Å². The highest BCUT2D eigenvalue weighted by Crippen LogP contribution is 2.19. The molecule has 18 heavy (non-hydrogen) atoms. The average Bonchev–Trinajstić information content (AvgIpc) is 2.41. The fraction of sp³-hybridized carbons (Fsp3) is 0.214. The van der Waals surface area contributed by atoms with Crippen molar-refractivity contribution in [3.05, 3.63) is 53.2 Å². The van der Waals surface area contributed by atoms with Gasteiger partial charge in [-0.05, 0) is 30.2 Å². The van der Waals surface area contributed by atoms with Crippen molar-refractivity contribution in [1.29, 1.82) is 0 Å². The third-order valence-electron chi connectivity index (χ3n) is 2.64. The molecule has 0 radical (unpaired) electrons. The highest BCUT2D eigenvalue weighted by Gasteiger charge is 2.03. The number of rotatable bonds is 5. The van der Waals surface area contributed by atoms with Crippen molar-refractivity contribution in [1.82, 2.24) is 4.98 Å². The quantitative estimate of drug-likeness (QED) is 0.897. The van der Waals surface area contributed by atoms with E-state index in [0.29, 0.717) is 10.8 Å². The number of pyridine rings is 1. The molecule has 0 aliphatic carbocycles. The molecule has 0 atom stereocenters. The van der Waals surface area contributed by atoms with E-state index in [1.165, 1.54) is 5.56 Å². The SMILES string of the molecule is COc1ccccc1CCNc1ncccc1Cl. The number of benzene rings is 1. The van der Waals surface area contributed by atoms with E-state index in [9.17, 15) is 0 Å². The Bertz CT molecular complexity index is 517. The van der Waals surface area contributed by atoms with Gasteiger partial charge in [0.15, 0.2) is 0 Å². The highest BCUT2D eigenvalue weighted by atomic mass is 35.5. The Morgan fingerprint density at radius 2 is 2.06 bits per heavy atom. The first-order chi connectivity index (χ1) is 8.81. The van der Waals surface area contributed by atoms with Gasteiger partial charge in [-0.2, -0.15) is 0 Å². The fourth-order valence-corrected chi connectivity index (χ4v) is 1.93. The van der Waals surface area contributed by atoms with Crippen molar-refractivity contribution in [3.63, 3.8) is 0 Å². The molecule has 2 rings (SSSR count). The van der Waals surface area contributed by atoms with Crippen LogP contribution in [0.3, 0.4) is 0 Å². The van der Waals surface area contributed by atoms with Crippen molar-refractivity contribution in [2.24, 2.45) is 0 Å². The third-order valence-corrected chi connectivity index (χ3v) is 2.94. The van der Waals surface area contributed by atoms with Crippen LogP contribution in [-0.2, 0) is 6.42 Å². The molecule has 1 N–H and O–H groups in total. The Balaban J connectivity index is 1.95. The summed E-state index contributed by atoms with van der Waals surface area (Å²) in [6.07, 6.45) is 2.58. The standard InChI is InChI=1S/C14H15ClN2O/c1-18-13-7-3-2-5-11(13)8-10-17-14-12(15)6-4-9-16-14/h2-7,9H,8,10H2,1H3,(H,16,17). The topological polar surface area (TPSA) is 34.1 Å². The Hall–Kier alpha value is -1.74. The number of anilines is 1. The predicted octanol–water partition coefficient (Wildman–Crippen LogP) is 3.40. The van der Waals surface area contributed by atoms with Gasteiger partial charge in [0.2, 0.25) is 0 Å². The van der Waals surface area contributed by atoms with Crippen molar-refractivity contribution in [2.75, 3.05) is 19.0 Å². The van der Waals surface area contributed by atoms with E-state index in [2.05, 4.69) is 16.4 Å². The molecule has 2 aromatic rings. The minimum Gasteiger partial charge on any atom is -0.496 e. The second-order valence-electron chi connectivity index (χ2n) is 3.82. The summed E-state index contributed by atoms with van der Waals surface area (Å²) >= 11 is 6.01. The molecule has 0 unspecified atom stereocenters. The molecular formula is C14H15ClN2O. The first kappa shape index (κ1) is 12.7. The van der Waals surface area contributed by atoms with Gasteiger partial charge >= 0.3 is 0 Å². The van der Waals surface area contributed by atoms with Crippen LogP contribution in [0.2, 0.25) is 5.02 Å². The van der Waals surface area contributed by atoms with Crippen LogP contribution in [0, 0.1) is 0 Å². The molecule has 94 valence electrons. The van der Waals surface area contributed by atoms with Gasteiger partial charge in [-0.15, -0.1) is 0 Å². The number of nitrogens with zero attached hydrogens (tertiary/aromatic N) is 1. The van der Waals surface area contributed by atoms with Gasteiger partial charge in [0.1, 0.15) is 11.6 Å². The Kier molecular flexibility index (Phi) is 4.42. The van der Waals surface area contributed by atoms with Gasteiger partial charge in [0, 0.05) is 12.7 Å². The summed E-state index contributed by atoms with van der Waals surface area (Å²) in [5, 5.41) is 3.85. The molecule has 0 saturated heterocycles. The van der Waals surface area contributed by atoms with Crippen LogP contribution >= 0.6 is 11.6 Å². The van der Waals surface area contributed by atoms with Crippen LogP contribution < -0.4 is 10.1 Å². The molecule has 0 spiro atoms. The molecule has 3 nitrogen and oxygen atoms in total. The largest absolute Gasteiger partial charge is 0.496 e. The number of ether oxygens (including phenoxy) is 1. The summed E-state index contributed by atoms with van der Waals surface area (Å²) in [5.41, 5.74) is 1.17. The average molecular weight is 263 g/mol. The van der Waals surface area contributed by atoms with Crippen molar-refractivity contribution in [2.45, 2.75) is 6.42 Å². The molecule has 0 amide bonds. The maximum atomic E-state index is 6.01. The number of aromatic nitrogens is 1. The first-order valence-electron chi connectivity index (χ1n) is 5.77. The summed E-state index contributed by atoms with van der Waals surface area (Å²) in [7, 11) is 1.68.